The molecule has 1 saturated heterocycles. The zero-order valence-corrected chi connectivity index (χ0v) is 21.1. The molecule has 1 aliphatic heterocycles. The molecule has 0 aromatic heterocycles. The van der Waals surface area contributed by atoms with Gasteiger partial charge in [0.05, 0.1) is 0 Å². The molecule has 1 aliphatic carbocycles. The number of aromatic hydroxyl groups is 1. The van der Waals surface area contributed by atoms with E-state index >= 15 is 0 Å². The molecular weight excluding hydrogens is 434 g/mol. The third-order valence-electron chi connectivity index (χ3n) is 8.40. The van der Waals surface area contributed by atoms with E-state index in [0.29, 0.717) is 11.7 Å². The Morgan fingerprint density at radius 3 is 2.26 bits per heavy atom. The molecule has 1 fully saturated rings. The molecule has 4 heteroatoms. The summed E-state index contributed by atoms with van der Waals surface area (Å²) in [5.41, 5.74) is 6.57. The van der Waals surface area contributed by atoms with E-state index in [9.17, 15) is 5.11 Å². The molecule has 3 aromatic rings. The van der Waals surface area contributed by atoms with Crippen LogP contribution in [0.1, 0.15) is 54.4 Å². The second kappa shape index (κ2) is 10.0. The van der Waals surface area contributed by atoms with E-state index in [1.807, 2.05) is 12.1 Å². The van der Waals surface area contributed by atoms with Crippen molar-refractivity contribution in [2.75, 3.05) is 32.2 Å². The Hall–Kier alpha value is -2.82. The van der Waals surface area contributed by atoms with Gasteiger partial charge in [-0.2, -0.15) is 0 Å². The quantitative estimate of drug-likeness (QED) is 0.431. The van der Waals surface area contributed by atoms with Gasteiger partial charge in [0.2, 0.25) is 0 Å². The molecular formula is C31H37NO3. The van der Waals surface area contributed by atoms with Crippen LogP contribution in [-0.2, 0) is 21.3 Å². The SMILES string of the molecule is COC(OC)C1CCN(c2ccc(C3c4ccc(O)cc4CCC3(C)c3ccccc3)cc2)CC1. The number of hydrogen-bond donors (Lipinski definition) is 1. The summed E-state index contributed by atoms with van der Waals surface area (Å²) in [6.45, 7) is 4.44. The molecule has 0 spiro atoms. The maximum absolute atomic E-state index is 10.1. The average Bonchev–Trinajstić information content (AvgIpc) is 2.91. The Bertz CT molecular complexity index is 1120. The Kier molecular flexibility index (Phi) is 6.86. The van der Waals surface area contributed by atoms with Gasteiger partial charge in [-0.25, -0.2) is 0 Å². The van der Waals surface area contributed by atoms with Gasteiger partial charge in [-0.3, -0.25) is 0 Å². The van der Waals surface area contributed by atoms with E-state index in [1.54, 1.807) is 14.2 Å². The van der Waals surface area contributed by atoms with Crippen LogP contribution < -0.4 is 4.90 Å². The van der Waals surface area contributed by atoms with Crippen LogP contribution in [0.4, 0.5) is 5.69 Å². The minimum Gasteiger partial charge on any atom is -0.508 e. The maximum Gasteiger partial charge on any atom is 0.159 e. The number of piperidine rings is 1. The second-order valence-corrected chi connectivity index (χ2v) is 10.4. The van der Waals surface area contributed by atoms with Gasteiger partial charge < -0.3 is 19.5 Å². The maximum atomic E-state index is 10.1. The predicted octanol–water partition coefficient (Wildman–Crippen LogP) is 6.26. The summed E-state index contributed by atoms with van der Waals surface area (Å²) in [5.74, 6) is 1.04. The van der Waals surface area contributed by atoms with Crippen molar-refractivity contribution in [2.45, 2.75) is 50.2 Å². The first-order valence-electron chi connectivity index (χ1n) is 12.8. The molecule has 4 nitrogen and oxygen atoms in total. The smallest absolute Gasteiger partial charge is 0.159 e. The molecule has 0 bridgehead atoms. The first-order chi connectivity index (χ1) is 17.0. The van der Waals surface area contributed by atoms with E-state index in [0.717, 1.165) is 38.8 Å². The summed E-state index contributed by atoms with van der Waals surface area (Å²) in [4.78, 5) is 2.48. The minimum atomic E-state index is -0.110. The molecule has 2 unspecified atom stereocenters. The number of benzene rings is 3. The van der Waals surface area contributed by atoms with Crippen molar-refractivity contribution in [1.29, 1.82) is 0 Å². The largest absolute Gasteiger partial charge is 0.508 e. The van der Waals surface area contributed by atoms with Gasteiger partial charge in [0.1, 0.15) is 5.75 Å². The summed E-state index contributed by atoms with van der Waals surface area (Å²) in [7, 11) is 3.46. The number of fused-ring (bicyclic) bond motifs is 1. The Balaban J connectivity index is 1.44. The van der Waals surface area contributed by atoms with E-state index in [4.69, 9.17) is 9.47 Å². The van der Waals surface area contributed by atoms with Crippen LogP contribution in [0, 0.1) is 5.92 Å². The van der Waals surface area contributed by atoms with Gasteiger partial charge in [-0.1, -0.05) is 55.5 Å². The van der Waals surface area contributed by atoms with Gasteiger partial charge >= 0.3 is 0 Å². The highest BCUT2D eigenvalue weighted by atomic mass is 16.7. The Labute approximate surface area is 209 Å². The van der Waals surface area contributed by atoms with Crippen molar-refractivity contribution >= 4 is 5.69 Å². The van der Waals surface area contributed by atoms with Crippen LogP contribution in [-0.4, -0.2) is 38.7 Å². The lowest BCUT2D eigenvalue weighted by Crippen LogP contribution is -2.39. The van der Waals surface area contributed by atoms with E-state index < -0.39 is 0 Å². The zero-order chi connectivity index (χ0) is 24.4. The summed E-state index contributed by atoms with van der Waals surface area (Å²) in [6, 6.07) is 26.1. The lowest BCUT2D eigenvalue weighted by Gasteiger charge is -2.44. The van der Waals surface area contributed by atoms with Crippen molar-refractivity contribution in [2.24, 2.45) is 5.92 Å². The molecule has 5 rings (SSSR count). The van der Waals surface area contributed by atoms with E-state index in [-0.39, 0.29) is 17.6 Å². The summed E-state index contributed by atoms with van der Waals surface area (Å²) in [6.07, 6.45) is 4.05. The average molecular weight is 472 g/mol. The molecule has 3 aromatic carbocycles. The number of hydrogen-bond acceptors (Lipinski definition) is 4. The van der Waals surface area contributed by atoms with Crippen molar-refractivity contribution in [1.82, 2.24) is 0 Å². The van der Waals surface area contributed by atoms with E-state index in [2.05, 4.69) is 72.5 Å². The molecule has 0 radical (unpaired) electrons. The van der Waals surface area contributed by atoms with E-state index in [1.165, 1.54) is 27.9 Å². The number of aryl methyl sites for hydroxylation is 1. The predicted molar refractivity (Wildman–Crippen MR) is 141 cm³/mol. The monoisotopic (exact) mass is 471 g/mol. The van der Waals surface area contributed by atoms with Crippen LogP contribution in [0.25, 0.3) is 0 Å². The topological polar surface area (TPSA) is 41.9 Å². The standard InChI is InChI=1S/C31H37NO3/c1-31(25-7-5-4-6-8-25)18-15-24-21-27(33)13-14-28(24)29(31)22-9-11-26(12-10-22)32-19-16-23(17-20-32)30(34-2)35-3/h4-14,21,23,29-30,33H,15-20H2,1-3H3. The molecule has 1 N–H and O–H groups in total. The lowest BCUT2D eigenvalue weighted by molar-refractivity contribution is -0.141. The van der Waals surface area contributed by atoms with Crippen LogP contribution in [0.3, 0.4) is 0 Å². The van der Waals surface area contributed by atoms with Crippen LogP contribution in [0.5, 0.6) is 5.75 Å². The third kappa shape index (κ3) is 4.57. The number of nitrogens with zero attached hydrogens (tertiary/aromatic N) is 1. The highest BCUT2D eigenvalue weighted by Crippen LogP contribution is 2.51. The zero-order valence-electron chi connectivity index (χ0n) is 21.1. The number of phenols is 1. The first-order valence-corrected chi connectivity index (χ1v) is 12.8. The molecule has 184 valence electrons. The normalized spacial score (nSPS) is 22.9. The van der Waals surface area contributed by atoms with Crippen molar-refractivity contribution in [3.05, 3.63) is 95.1 Å². The number of ether oxygens (including phenoxy) is 2. The number of methoxy groups -OCH3 is 2. The summed E-state index contributed by atoms with van der Waals surface area (Å²) in [5, 5.41) is 10.1. The van der Waals surface area contributed by atoms with Crippen molar-refractivity contribution < 1.29 is 14.6 Å². The fourth-order valence-electron chi connectivity index (χ4n) is 6.44. The number of rotatable bonds is 6. The van der Waals surface area contributed by atoms with Gasteiger partial charge in [0.15, 0.2) is 6.29 Å². The number of anilines is 1. The Morgan fingerprint density at radius 1 is 0.914 bits per heavy atom. The molecule has 0 amide bonds. The fourth-order valence-corrected chi connectivity index (χ4v) is 6.44. The fraction of sp³-hybridized carbons (Fsp3) is 0.419. The summed E-state index contributed by atoms with van der Waals surface area (Å²) < 4.78 is 11.0. The highest BCUT2D eigenvalue weighted by Gasteiger charge is 2.41. The minimum absolute atomic E-state index is 0.0135. The number of phenolic OH excluding ortho intramolecular Hbond substituents is 1. The first kappa shape index (κ1) is 23.9. The highest BCUT2D eigenvalue weighted by molar-refractivity contribution is 5.54. The third-order valence-corrected chi connectivity index (χ3v) is 8.40. The van der Waals surface area contributed by atoms with Crippen molar-refractivity contribution in [3.63, 3.8) is 0 Å². The van der Waals surface area contributed by atoms with Crippen molar-refractivity contribution in [3.8, 4) is 5.75 Å². The second-order valence-electron chi connectivity index (χ2n) is 10.4. The van der Waals surface area contributed by atoms with Gasteiger partial charge in [0.25, 0.3) is 0 Å². The molecule has 0 saturated carbocycles. The molecule has 2 aliphatic rings. The van der Waals surface area contributed by atoms with Crippen LogP contribution in [0.2, 0.25) is 0 Å². The molecule has 1 heterocycles. The van der Waals surface area contributed by atoms with Gasteiger partial charge in [-0.15, -0.1) is 0 Å². The Morgan fingerprint density at radius 2 is 1.60 bits per heavy atom. The summed E-state index contributed by atoms with van der Waals surface area (Å²) >= 11 is 0. The van der Waals surface area contributed by atoms with Crippen LogP contribution in [0.15, 0.2) is 72.8 Å². The van der Waals surface area contributed by atoms with Gasteiger partial charge in [0, 0.05) is 50.2 Å². The molecule has 35 heavy (non-hydrogen) atoms. The molecule has 2 atom stereocenters. The lowest BCUT2D eigenvalue weighted by atomic mass is 9.59. The van der Waals surface area contributed by atoms with Gasteiger partial charge in [-0.05, 0) is 72.2 Å². The van der Waals surface area contributed by atoms with Crippen LogP contribution >= 0.6 is 0 Å².